The summed E-state index contributed by atoms with van der Waals surface area (Å²) < 4.78 is 28.1. The number of nitro benzene ring substituents is 1. The quantitative estimate of drug-likeness (QED) is 0.0180. The number of non-ortho nitro benzene ring substituents is 1. The molecule has 2 aliphatic carbocycles. The van der Waals surface area contributed by atoms with Crippen molar-refractivity contribution in [1.29, 1.82) is 0 Å². The van der Waals surface area contributed by atoms with E-state index in [9.17, 15) is 20.3 Å². The van der Waals surface area contributed by atoms with Gasteiger partial charge in [-0.1, -0.05) is 180 Å². The monoisotopic (exact) mass is 1130 g/mol. The van der Waals surface area contributed by atoms with Crippen molar-refractivity contribution in [2.75, 3.05) is 26.4 Å². The number of allylic oxidation sites excluding steroid dienone is 1. The van der Waals surface area contributed by atoms with Gasteiger partial charge in [0.15, 0.2) is 0 Å². The minimum Gasteiger partial charge on any atom is -0.459 e. The molecular weight excluding hydrogens is 1040 g/mol. The van der Waals surface area contributed by atoms with E-state index in [2.05, 4.69) is 74.2 Å². The second-order valence-electron chi connectivity index (χ2n) is 22.5. The highest BCUT2D eigenvalue weighted by molar-refractivity contribution is 6.03. The summed E-state index contributed by atoms with van der Waals surface area (Å²) in [5.74, 6) is -0.576. The van der Waals surface area contributed by atoms with Gasteiger partial charge >= 0.3 is 6.09 Å². The lowest BCUT2D eigenvalue weighted by molar-refractivity contribution is -0.384. The van der Waals surface area contributed by atoms with E-state index in [0.717, 1.165) is 90.0 Å². The van der Waals surface area contributed by atoms with E-state index in [1.54, 1.807) is 23.1 Å². The van der Waals surface area contributed by atoms with Gasteiger partial charge in [0.1, 0.15) is 29.9 Å². The van der Waals surface area contributed by atoms with Crippen LogP contribution in [0.3, 0.4) is 0 Å². The summed E-state index contributed by atoms with van der Waals surface area (Å²) in [7, 11) is 0. The van der Waals surface area contributed by atoms with Gasteiger partial charge in [0.05, 0.1) is 36.3 Å². The van der Waals surface area contributed by atoms with E-state index in [-0.39, 0.29) is 69.4 Å². The van der Waals surface area contributed by atoms with Gasteiger partial charge in [0.2, 0.25) is 5.79 Å². The molecule has 0 unspecified atom stereocenters. The lowest BCUT2D eigenvalue weighted by atomic mass is 9.55. The van der Waals surface area contributed by atoms with Gasteiger partial charge in [0.25, 0.3) is 5.69 Å². The first-order valence-electron chi connectivity index (χ1n) is 30.4. The Labute approximate surface area is 490 Å². The number of hydrogen-bond acceptors (Lipinski definition) is 11. The minimum atomic E-state index is -1.54. The van der Waals surface area contributed by atoms with Crippen molar-refractivity contribution in [2.24, 2.45) is 22.9 Å². The fourth-order valence-electron chi connectivity index (χ4n) is 12.8. The van der Waals surface area contributed by atoms with Crippen molar-refractivity contribution in [3.8, 4) is 28.4 Å². The number of nitro groups is 1. The number of fused-ring (bicyclic) bond motifs is 3. The molecule has 9 rings (SSSR count). The Bertz CT molecular complexity index is 3100. The molecule has 83 heavy (non-hydrogen) atoms. The topological polar surface area (TPSA) is 162 Å². The van der Waals surface area contributed by atoms with E-state index in [1.807, 2.05) is 60.7 Å². The maximum absolute atomic E-state index is 15.5. The van der Waals surface area contributed by atoms with Gasteiger partial charge < -0.3 is 34.0 Å². The van der Waals surface area contributed by atoms with Crippen LogP contribution in [0, 0.1) is 27.9 Å². The van der Waals surface area contributed by atoms with Crippen molar-refractivity contribution in [1.82, 2.24) is 4.90 Å². The molecule has 1 saturated carbocycles. The van der Waals surface area contributed by atoms with Crippen molar-refractivity contribution >= 4 is 28.3 Å². The highest BCUT2D eigenvalue weighted by Crippen LogP contribution is 2.62. The molecule has 1 aliphatic heterocycles. The number of aliphatic hydroxyl groups is 2. The number of hydrogen-bond donors (Lipinski definition) is 2. The molecule has 3 aliphatic rings. The number of amides is 1. The standard InChI is InChI=1S/C70H83N3O10/c1-3-5-6-7-8-9-10-11-12-22-45-79-69(76)72(49-56-29-23-28-54-26-16-17-30-60(54)56)66-48-64(71-81-50-51-32-36-57(37-33-51)73(77)78)62-46-55(27-18-20-42-74)61(31-19-21-43-75)67-63-47-59(40-41-65(63)83-70(66,68(62)67)80-44-4-2)82-58-38-34-53(35-39-58)52-24-14-13-15-25-52/h4,13-17,23-26,28-30,32-41,46-47,55,61,66-68,74-75H,2-3,5-12,18-22,27,31,42-45,48-50H2,1H3/t55-,61+,66-,67+,68+,70+/m0/s1. The molecule has 6 aromatic rings. The van der Waals surface area contributed by atoms with E-state index < -0.39 is 28.8 Å². The summed E-state index contributed by atoms with van der Waals surface area (Å²) >= 11 is 0. The third-order valence-electron chi connectivity index (χ3n) is 16.9. The number of nitrogens with zero attached hydrogens (tertiary/aromatic N) is 3. The van der Waals surface area contributed by atoms with Gasteiger partial charge in [0, 0.05) is 43.2 Å². The lowest BCUT2D eigenvalue weighted by Gasteiger charge is -2.59. The molecule has 0 bridgehead atoms. The number of carbonyl (C=O) groups is 1. The highest BCUT2D eigenvalue weighted by atomic mass is 16.7. The minimum absolute atomic E-state index is 0.0103. The maximum Gasteiger partial charge on any atom is 0.410 e. The Kier molecular flexibility index (Phi) is 22.0. The van der Waals surface area contributed by atoms with Crippen LogP contribution in [-0.2, 0) is 27.5 Å². The number of oxime groups is 1. The molecule has 13 heteroatoms. The fourth-order valence-corrected chi connectivity index (χ4v) is 12.8. The van der Waals surface area contributed by atoms with Crippen molar-refractivity contribution in [3.63, 3.8) is 0 Å². The summed E-state index contributed by atoms with van der Waals surface area (Å²) in [5.41, 5.74) is 6.20. The van der Waals surface area contributed by atoms with Gasteiger partial charge in [-0.15, -0.1) is 6.58 Å². The molecule has 1 amide bonds. The Morgan fingerprint density at radius 2 is 1.45 bits per heavy atom. The highest BCUT2D eigenvalue weighted by Gasteiger charge is 2.66. The van der Waals surface area contributed by atoms with Crippen LogP contribution in [0.25, 0.3) is 21.9 Å². The average Bonchev–Trinajstić information content (AvgIpc) is 1.21. The van der Waals surface area contributed by atoms with Gasteiger partial charge in [-0.2, -0.15) is 0 Å². The van der Waals surface area contributed by atoms with Crippen LogP contribution < -0.4 is 9.47 Å². The number of ether oxygens (including phenoxy) is 4. The van der Waals surface area contributed by atoms with Crippen molar-refractivity contribution in [3.05, 3.63) is 191 Å². The molecule has 1 heterocycles. The lowest BCUT2D eigenvalue weighted by Crippen LogP contribution is -2.70. The molecule has 0 radical (unpaired) electrons. The van der Waals surface area contributed by atoms with Gasteiger partial charge in [-0.05, 0) is 125 Å². The fraction of sp³-hybridized carbons (Fsp3) is 0.429. The maximum atomic E-state index is 15.5. The van der Waals surface area contributed by atoms with Crippen LogP contribution >= 0.6 is 0 Å². The Balaban J connectivity index is 1.16. The molecule has 0 saturated heterocycles. The van der Waals surface area contributed by atoms with Gasteiger partial charge in [-0.3, -0.25) is 15.0 Å². The van der Waals surface area contributed by atoms with Crippen LogP contribution in [0.5, 0.6) is 17.2 Å². The molecule has 1 fully saturated rings. The Morgan fingerprint density at radius 3 is 2.17 bits per heavy atom. The van der Waals surface area contributed by atoms with Crippen molar-refractivity contribution < 1.29 is 43.7 Å². The molecule has 2 N–H and O–H groups in total. The first-order chi connectivity index (χ1) is 40.7. The van der Waals surface area contributed by atoms with Crippen LogP contribution in [-0.4, -0.2) is 70.1 Å². The SMILES string of the molecule is C=CCO[C@@]12Oc3ccc(Oc4ccc(-c5ccccc5)cc4)cc3[C@H]3[C@H](CCCCO)[C@@H](CCCCO)C=C(C(=NOCc4ccc([N+](=O)[O-])cc4)C[C@@H]1N(Cc1cccc4ccccc14)C(=O)OCCCCCCCCCCCC)[C@H]32. The predicted octanol–water partition coefficient (Wildman–Crippen LogP) is 16.6. The molecule has 438 valence electrons. The van der Waals surface area contributed by atoms with Crippen LogP contribution in [0.15, 0.2) is 169 Å². The Hall–Kier alpha value is -7.32. The van der Waals surface area contributed by atoms with Crippen LogP contribution in [0.4, 0.5) is 10.5 Å². The normalized spacial score (nSPS) is 20.2. The predicted molar refractivity (Wildman–Crippen MR) is 327 cm³/mol. The second kappa shape index (κ2) is 30.3. The summed E-state index contributed by atoms with van der Waals surface area (Å²) in [6, 6.07) is 44.0. The molecule has 6 atom stereocenters. The summed E-state index contributed by atoms with van der Waals surface area (Å²) in [6.45, 7) is 7.04. The average molecular weight is 1130 g/mol. The number of carbonyl (C=O) groups excluding carboxylic acids is 1. The molecule has 6 aromatic carbocycles. The van der Waals surface area contributed by atoms with Crippen LogP contribution in [0.2, 0.25) is 0 Å². The van der Waals surface area contributed by atoms with Crippen molar-refractivity contribution in [2.45, 2.75) is 147 Å². The first kappa shape index (κ1) is 60.3. The summed E-state index contributed by atoms with van der Waals surface area (Å²) in [6.07, 6.45) is 19.5. The molecule has 0 aromatic heterocycles. The third kappa shape index (κ3) is 15.1. The van der Waals surface area contributed by atoms with Crippen LogP contribution in [0.1, 0.15) is 139 Å². The zero-order valence-corrected chi connectivity index (χ0v) is 48.3. The number of aliphatic hydroxyl groups excluding tert-OH is 2. The first-order valence-corrected chi connectivity index (χ1v) is 30.4. The molecule has 13 nitrogen and oxygen atoms in total. The van der Waals surface area contributed by atoms with E-state index in [0.29, 0.717) is 41.4 Å². The number of benzene rings is 6. The molecule has 0 spiro atoms. The zero-order valence-electron chi connectivity index (χ0n) is 48.3. The van der Waals surface area contributed by atoms with Gasteiger partial charge in [-0.25, -0.2) is 4.79 Å². The zero-order chi connectivity index (χ0) is 57.8. The summed E-state index contributed by atoms with van der Waals surface area (Å²) in [5, 5.41) is 39.1. The van der Waals surface area contributed by atoms with E-state index >= 15 is 4.79 Å². The largest absolute Gasteiger partial charge is 0.459 e. The smallest absolute Gasteiger partial charge is 0.410 e. The van der Waals surface area contributed by atoms with E-state index in [4.69, 9.17) is 28.9 Å². The number of rotatable bonds is 32. The second-order valence-corrected chi connectivity index (χ2v) is 22.5. The number of unbranched alkanes of at least 4 members (excludes halogenated alkanes) is 11. The summed E-state index contributed by atoms with van der Waals surface area (Å²) in [4.78, 5) is 34.9. The van der Waals surface area contributed by atoms with E-state index in [1.165, 1.54) is 50.7 Å². The Morgan fingerprint density at radius 1 is 0.771 bits per heavy atom. The molecular formula is C70H83N3O10. The third-order valence-corrected chi connectivity index (χ3v) is 16.9.